The van der Waals surface area contributed by atoms with Crippen LogP contribution in [0, 0.1) is 6.92 Å². The maximum absolute atomic E-state index is 6.17. The van der Waals surface area contributed by atoms with E-state index in [1.54, 1.807) is 12.5 Å². The average Bonchev–Trinajstić information content (AvgIpc) is 2.86. The molecule has 0 saturated carbocycles. The molecule has 4 nitrogen and oxygen atoms in total. The minimum atomic E-state index is -0.0289. The Morgan fingerprint density at radius 1 is 1.56 bits per heavy atom. The van der Waals surface area contributed by atoms with Crippen LogP contribution in [-0.2, 0) is 13.0 Å². The van der Waals surface area contributed by atoms with Crippen molar-refractivity contribution in [3.63, 3.8) is 0 Å². The summed E-state index contributed by atoms with van der Waals surface area (Å²) in [5.74, 6) is 0. The van der Waals surface area contributed by atoms with E-state index >= 15 is 0 Å². The van der Waals surface area contributed by atoms with E-state index in [9.17, 15) is 0 Å². The van der Waals surface area contributed by atoms with Gasteiger partial charge in [-0.3, -0.25) is 4.68 Å². The van der Waals surface area contributed by atoms with Crippen molar-refractivity contribution >= 4 is 0 Å². The number of hydrogen-bond acceptors (Lipinski definition) is 3. The van der Waals surface area contributed by atoms with Crippen LogP contribution in [0.5, 0.6) is 0 Å². The van der Waals surface area contributed by atoms with Crippen molar-refractivity contribution in [2.75, 3.05) is 0 Å². The summed E-state index contributed by atoms with van der Waals surface area (Å²) in [6, 6.07) is 3.96. The molecule has 0 spiro atoms. The quantitative estimate of drug-likeness (QED) is 0.856. The first kappa shape index (κ1) is 11.0. The summed E-state index contributed by atoms with van der Waals surface area (Å²) in [6.07, 6.45) is 4.19. The van der Waals surface area contributed by atoms with Gasteiger partial charge in [-0.25, -0.2) is 0 Å². The summed E-state index contributed by atoms with van der Waals surface area (Å²) in [5.41, 5.74) is 9.39. The molecule has 4 heteroatoms. The fourth-order valence-electron chi connectivity index (χ4n) is 1.88. The number of aromatic nitrogens is 2. The number of hydrogen-bond donors (Lipinski definition) is 1. The Bertz CT molecular complexity index is 445. The van der Waals surface area contributed by atoms with E-state index in [-0.39, 0.29) is 6.04 Å². The molecule has 0 aliphatic rings. The number of rotatable bonds is 4. The molecule has 0 radical (unpaired) electrons. The van der Waals surface area contributed by atoms with Gasteiger partial charge in [-0.2, -0.15) is 5.10 Å². The molecule has 0 amide bonds. The van der Waals surface area contributed by atoms with Gasteiger partial charge < -0.3 is 10.2 Å². The van der Waals surface area contributed by atoms with E-state index in [4.69, 9.17) is 10.2 Å². The van der Waals surface area contributed by atoms with Crippen LogP contribution in [0.4, 0.5) is 0 Å². The lowest BCUT2D eigenvalue weighted by Crippen LogP contribution is -2.17. The van der Waals surface area contributed by atoms with E-state index in [0.717, 1.165) is 29.9 Å². The summed E-state index contributed by atoms with van der Waals surface area (Å²) < 4.78 is 6.99. The molecule has 2 heterocycles. The molecule has 2 rings (SSSR count). The molecule has 1 unspecified atom stereocenters. The van der Waals surface area contributed by atoms with Gasteiger partial charge in [0.25, 0.3) is 0 Å². The monoisotopic (exact) mass is 219 g/mol. The third kappa shape index (κ3) is 2.17. The lowest BCUT2D eigenvalue weighted by Gasteiger charge is -2.11. The van der Waals surface area contributed by atoms with Crippen LogP contribution in [0.1, 0.15) is 29.9 Å². The minimum absolute atomic E-state index is 0.0289. The molecule has 16 heavy (non-hydrogen) atoms. The Labute approximate surface area is 95.1 Å². The van der Waals surface area contributed by atoms with Crippen LogP contribution in [-0.4, -0.2) is 9.78 Å². The molecule has 0 aliphatic heterocycles. The predicted octanol–water partition coefficient (Wildman–Crippen LogP) is 2.05. The highest BCUT2D eigenvalue weighted by molar-refractivity contribution is 5.17. The first-order chi connectivity index (χ1) is 7.70. The van der Waals surface area contributed by atoms with Crippen LogP contribution in [0.15, 0.2) is 29.1 Å². The van der Waals surface area contributed by atoms with Gasteiger partial charge in [0.1, 0.15) is 0 Å². The van der Waals surface area contributed by atoms with Crippen LogP contribution in [0.25, 0.3) is 0 Å². The van der Waals surface area contributed by atoms with E-state index in [2.05, 4.69) is 12.0 Å². The van der Waals surface area contributed by atoms with Crippen LogP contribution in [0.2, 0.25) is 0 Å². The number of nitrogens with two attached hydrogens (primary N) is 1. The molecule has 1 atom stereocenters. The molecule has 2 N–H and O–H groups in total. The van der Waals surface area contributed by atoms with Crippen molar-refractivity contribution in [2.24, 2.45) is 5.73 Å². The van der Waals surface area contributed by atoms with Gasteiger partial charge in [-0.05, 0) is 38.0 Å². The highest BCUT2D eigenvalue weighted by Gasteiger charge is 2.13. The SMILES string of the molecule is CCn1nc(C)cc1C(N)Cc1ccoc1. The van der Waals surface area contributed by atoms with Gasteiger partial charge in [-0.15, -0.1) is 0 Å². The van der Waals surface area contributed by atoms with Gasteiger partial charge in [0.05, 0.1) is 30.0 Å². The molecule has 0 aromatic carbocycles. The topological polar surface area (TPSA) is 57.0 Å². The summed E-state index contributed by atoms with van der Waals surface area (Å²) >= 11 is 0. The Hall–Kier alpha value is -1.55. The Balaban J connectivity index is 2.16. The van der Waals surface area contributed by atoms with E-state index < -0.39 is 0 Å². The molecule has 0 fully saturated rings. The molecular weight excluding hydrogens is 202 g/mol. The number of aryl methyl sites for hydroxylation is 2. The molecule has 2 aromatic rings. The van der Waals surface area contributed by atoms with Gasteiger partial charge in [0.2, 0.25) is 0 Å². The van der Waals surface area contributed by atoms with Crippen LogP contribution in [0.3, 0.4) is 0 Å². The van der Waals surface area contributed by atoms with Crippen molar-refractivity contribution in [3.8, 4) is 0 Å². The normalized spacial score (nSPS) is 12.9. The van der Waals surface area contributed by atoms with Crippen molar-refractivity contribution in [3.05, 3.63) is 41.6 Å². The number of furan rings is 1. The highest BCUT2D eigenvalue weighted by atomic mass is 16.3. The molecule has 0 saturated heterocycles. The summed E-state index contributed by atoms with van der Waals surface area (Å²) in [5, 5.41) is 4.39. The van der Waals surface area contributed by atoms with Crippen molar-refractivity contribution in [1.29, 1.82) is 0 Å². The smallest absolute Gasteiger partial charge is 0.0935 e. The second-order valence-corrected chi connectivity index (χ2v) is 3.97. The van der Waals surface area contributed by atoms with Crippen LogP contribution < -0.4 is 5.73 Å². The molecule has 0 aliphatic carbocycles. The second kappa shape index (κ2) is 4.53. The van der Waals surface area contributed by atoms with Gasteiger partial charge in [0, 0.05) is 6.54 Å². The zero-order chi connectivity index (χ0) is 11.5. The minimum Gasteiger partial charge on any atom is -0.472 e. The maximum atomic E-state index is 6.17. The van der Waals surface area contributed by atoms with Crippen molar-refractivity contribution in [2.45, 2.75) is 32.9 Å². The van der Waals surface area contributed by atoms with Crippen LogP contribution >= 0.6 is 0 Å². The fourth-order valence-corrected chi connectivity index (χ4v) is 1.88. The second-order valence-electron chi connectivity index (χ2n) is 3.97. The first-order valence-corrected chi connectivity index (χ1v) is 5.51. The maximum Gasteiger partial charge on any atom is 0.0935 e. The van der Waals surface area contributed by atoms with Gasteiger partial charge >= 0.3 is 0 Å². The molecule has 0 bridgehead atoms. The Morgan fingerprint density at radius 2 is 2.38 bits per heavy atom. The highest BCUT2D eigenvalue weighted by Crippen LogP contribution is 2.17. The third-order valence-electron chi connectivity index (χ3n) is 2.65. The Kier molecular flexibility index (Phi) is 3.10. The zero-order valence-electron chi connectivity index (χ0n) is 9.68. The molecular formula is C12H17N3O. The predicted molar refractivity (Wildman–Crippen MR) is 62.0 cm³/mol. The third-order valence-corrected chi connectivity index (χ3v) is 2.65. The zero-order valence-corrected chi connectivity index (χ0v) is 9.68. The Morgan fingerprint density at radius 3 is 3.00 bits per heavy atom. The lowest BCUT2D eigenvalue weighted by atomic mass is 10.1. The molecule has 2 aromatic heterocycles. The van der Waals surface area contributed by atoms with Crippen molar-refractivity contribution < 1.29 is 4.42 Å². The largest absolute Gasteiger partial charge is 0.472 e. The first-order valence-electron chi connectivity index (χ1n) is 5.51. The lowest BCUT2D eigenvalue weighted by molar-refractivity contribution is 0.549. The van der Waals surface area contributed by atoms with E-state index in [1.807, 2.05) is 23.7 Å². The molecule has 86 valence electrons. The summed E-state index contributed by atoms with van der Waals surface area (Å²) in [6.45, 7) is 4.91. The van der Waals surface area contributed by atoms with E-state index in [1.165, 1.54) is 0 Å². The average molecular weight is 219 g/mol. The number of nitrogens with zero attached hydrogens (tertiary/aromatic N) is 2. The standard InChI is InChI=1S/C12H17N3O/c1-3-15-12(6-9(2)14-15)11(13)7-10-4-5-16-8-10/h4-6,8,11H,3,7,13H2,1-2H3. The van der Waals surface area contributed by atoms with E-state index in [0.29, 0.717) is 0 Å². The van der Waals surface area contributed by atoms with Gasteiger partial charge in [0.15, 0.2) is 0 Å². The fraction of sp³-hybridized carbons (Fsp3) is 0.417. The summed E-state index contributed by atoms with van der Waals surface area (Å²) in [4.78, 5) is 0. The van der Waals surface area contributed by atoms with Gasteiger partial charge in [-0.1, -0.05) is 0 Å². The summed E-state index contributed by atoms with van der Waals surface area (Å²) in [7, 11) is 0. The van der Waals surface area contributed by atoms with Crippen molar-refractivity contribution in [1.82, 2.24) is 9.78 Å².